The van der Waals surface area contributed by atoms with Gasteiger partial charge in [-0.1, -0.05) is 44.2 Å². The average Bonchev–Trinajstić information content (AvgIpc) is 3.10. The summed E-state index contributed by atoms with van der Waals surface area (Å²) in [6.07, 6.45) is 5.98. The molecule has 1 saturated heterocycles. The third-order valence-corrected chi connectivity index (χ3v) is 7.67. The maximum Gasteiger partial charge on any atom is 0.326 e. The fourth-order valence-corrected chi connectivity index (χ4v) is 5.07. The largest absolute Gasteiger partial charge is 0.480 e. The van der Waals surface area contributed by atoms with E-state index in [9.17, 15) is 19.5 Å². The lowest BCUT2D eigenvalue weighted by molar-refractivity contribution is -0.141. The highest BCUT2D eigenvalue weighted by Crippen LogP contribution is 2.58. The van der Waals surface area contributed by atoms with Gasteiger partial charge in [0.2, 0.25) is 11.8 Å². The summed E-state index contributed by atoms with van der Waals surface area (Å²) in [4.78, 5) is 38.8. The standard InChI is InChI=1S/C25H37N3O4/c1-3-24(2)17-25(24,26)14-13-22(30)28-15-7-10-19(28)11-12-21(29)27-20(23(31)32)16-18-8-5-4-6-9-18/h4-6,8-9,19-20H,3,7,10-17,26H2,1-2H3,(H,27,29)(H,31,32)/t19-,20-,24?,25+/m0/s1. The van der Waals surface area contributed by atoms with E-state index >= 15 is 0 Å². The molecule has 4 N–H and O–H groups in total. The summed E-state index contributed by atoms with van der Waals surface area (Å²) in [5, 5.41) is 12.1. The van der Waals surface area contributed by atoms with Crippen LogP contribution >= 0.6 is 0 Å². The van der Waals surface area contributed by atoms with Crippen molar-refractivity contribution in [3.63, 3.8) is 0 Å². The Hall–Kier alpha value is -2.41. The summed E-state index contributed by atoms with van der Waals surface area (Å²) in [5.74, 6) is -1.21. The molecule has 0 aromatic heterocycles. The van der Waals surface area contributed by atoms with Gasteiger partial charge in [0.05, 0.1) is 0 Å². The third-order valence-electron chi connectivity index (χ3n) is 7.67. The number of carbonyl (C=O) groups excluding carboxylic acids is 2. The van der Waals surface area contributed by atoms with Crippen LogP contribution in [-0.2, 0) is 20.8 Å². The van der Waals surface area contributed by atoms with Crippen LogP contribution in [0.3, 0.4) is 0 Å². The Morgan fingerprint density at radius 3 is 2.59 bits per heavy atom. The van der Waals surface area contributed by atoms with Gasteiger partial charge in [-0.05, 0) is 49.5 Å². The molecule has 1 saturated carbocycles. The Bertz CT molecular complexity index is 830. The number of aliphatic carboxylic acids is 1. The number of carbonyl (C=O) groups is 3. The summed E-state index contributed by atoms with van der Waals surface area (Å²) in [5.41, 5.74) is 7.26. The number of carboxylic acid groups (broad SMARTS) is 1. The lowest BCUT2D eigenvalue weighted by Gasteiger charge is -2.26. The number of nitrogens with one attached hydrogen (secondary N) is 1. The van der Waals surface area contributed by atoms with Crippen molar-refractivity contribution in [3.05, 3.63) is 35.9 Å². The maximum atomic E-state index is 12.8. The number of likely N-dealkylation sites (tertiary alicyclic amines) is 1. The predicted octanol–water partition coefficient (Wildman–Crippen LogP) is 2.87. The van der Waals surface area contributed by atoms with Crippen LogP contribution in [0, 0.1) is 5.41 Å². The second-order valence-electron chi connectivity index (χ2n) is 9.82. The van der Waals surface area contributed by atoms with Crippen LogP contribution in [0.2, 0.25) is 0 Å². The molecule has 2 fully saturated rings. The van der Waals surface area contributed by atoms with Gasteiger partial charge < -0.3 is 21.1 Å². The highest BCUT2D eigenvalue weighted by atomic mass is 16.4. The van der Waals surface area contributed by atoms with Crippen LogP contribution < -0.4 is 11.1 Å². The number of rotatable bonds is 11. The molecule has 7 heteroatoms. The highest BCUT2D eigenvalue weighted by molar-refractivity contribution is 5.84. The van der Waals surface area contributed by atoms with Crippen LogP contribution in [0.4, 0.5) is 0 Å². The van der Waals surface area contributed by atoms with E-state index < -0.39 is 12.0 Å². The minimum atomic E-state index is -1.05. The first-order valence-corrected chi connectivity index (χ1v) is 11.8. The van der Waals surface area contributed by atoms with E-state index in [1.54, 1.807) is 0 Å². The highest BCUT2D eigenvalue weighted by Gasteiger charge is 2.59. The van der Waals surface area contributed by atoms with Gasteiger partial charge in [0.15, 0.2) is 0 Å². The molecule has 0 spiro atoms. The second kappa shape index (κ2) is 10.0. The minimum Gasteiger partial charge on any atom is -0.480 e. The molecule has 1 aromatic rings. The summed E-state index contributed by atoms with van der Waals surface area (Å²) in [6, 6.07) is 8.34. The summed E-state index contributed by atoms with van der Waals surface area (Å²) >= 11 is 0. The lowest BCUT2D eigenvalue weighted by atomic mass is 9.95. The zero-order valence-electron chi connectivity index (χ0n) is 19.3. The fraction of sp³-hybridized carbons (Fsp3) is 0.640. The zero-order valence-corrected chi connectivity index (χ0v) is 19.3. The molecular weight excluding hydrogens is 406 g/mol. The maximum absolute atomic E-state index is 12.8. The molecule has 1 aromatic carbocycles. The third kappa shape index (κ3) is 5.68. The molecule has 176 valence electrons. The molecule has 2 amide bonds. The van der Waals surface area contributed by atoms with E-state index in [2.05, 4.69) is 19.2 Å². The van der Waals surface area contributed by atoms with E-state index in [4.69, 9.17) is 5.73 Å². The minimum absolute atomic E-state index is 0.0381. The number of hydrogen-bond donors (Lipinski definition) is 3. The molecule has 7 nitrogen and oxygen atoms in total. The van der Waals surface area contributed by atoms with Gasteiger partial charge in [0.25, 0.3) is 0 Å². The molecule has 1 aliphatic heterocycles. The number of nitrogens with two attached hydrogens (primary N) is 1. The smallest absolute Gasteiger partial charge is 0.326 e. The molecule has 4 atom stereocenters. The fourth-order valence-electron chi connectivity index (χ4n) is 5.07. The van der Waals surface area contributed by atoms with Crippen molar-refractivity contribution in [3.8, 4) is 0 Å². The summed E-state index contributed by atoms with van der Waals surface area (Å²) in [6.45, 7) is 5.06. The Labute approximate surface area is 190 Å². The molecule has 2 aliphatic rings. The molecule has 1 aliphatic carbocycles. The van der Waals surface area contributed by atoms with Crippen molar-refractivity contribution in [1.29, 1.82) is 0 Å². The SMILES string of the molecule is CCC1(C)C[C@]1(N)CCC(=O)N1CCC[C@H]1CCC(=O)N[C@@H](Cc1ccccc1)C(=O)O. The predicted molar refractivity (Wildman–Crippen MR) is 123 cm³/mol. The Morgan fingerprint density at radius 1 is 1.25 bits per heavy atom. The number of hydrogen-bond acceptors (Lipinski definition) is 4. The number of amides is 2. The molecule has 0 bridgehead atoms. The van der Waals surface area contributed by atoms with Gasteiger partial charge in [-0.15, -0.1) is 0 Å². The first-order chi connectivity index (χ1) is 15.2. The van der Waals surface area contributed by atoms with Crippen molar-refractivity contribution in [2.75, 3.05) is 6.54 Å². The quantitative estimate of drug-likeness (QED) is 0.487. The van der Waals surface area contributed by atoms with E-state index in [0.717, 1.165) is 37.8 Å². The van der Waals surface area contributed by atoms with Gasteiger partial charge in [0, 0.05) is 37.4 Å². The Balaban J connectivity index is 1.46. The second-order valence-corrected chi connectivity index (χ2v) is 9.82. The van der Waals surface area contributed by atoms with Crippen LogP contribution in [0.5, 0.6) is 0 Å². The van der Waals surface area contributed by atoms with Crippen LogP contribution in [0.15, 0.2) is 30.3 Å². The Kier molecular flexibility index (Phi) is 7.59. The van der Waals surface area contributed by atoms with Crippen molar-refractivity contribution in [2.24, 2.45) is 11.1 Å². The van der Waals surface area contributed by atoms with Crippen molar-refractivity contribution >= 4 is 17.8 Å². The van der Waals surface area contributed by atoms with E-state index in [0.29, 0.717) is 19.3 Å². The van der Waals surface area contributed by atoms with Gasteiger partial charge in [-0.2, -0.15) is 0 Å². The van der Waals surface area contributed by atoms with Gasteiger partial charge in [-0.3, -0.25) is 9.59 Å². The topological polar surface area (TPSA) is 113 Å². The first-order valence-electron chi connectivity index (χ1n) is 11.8. The number of carboxylic acids is 1. The zero-order chi connectivity index (χ0) is 23.4. The van der Waals surface area contributed by atoms with Crippen LogP contribution in [-0.4, -0.2) is 52.0 Å². The molecule has 32 heavy (non-hydrogen) atoms. The van der Waals surface area contributed by atoms with E-state index in [1.807, 2.05) is 35.2 Å². The van der Waals surface area contributed by atoms with Crippen LogP contribution in [0.25, 0.3) is 0 Å². The summed E-state index contributed by atoms with van der Waals surface area (Å²) < 4.78 is 0. The van der Waals surface area contributed by atoms with Crippen molar-refractivity contribution < 1.29 is 19.5 Å². The van der Waals surface area contributed by atoms with E-state index in [-0.39, 0.29) is 41.7 Å². The normalized spacial score (nSPS) is 27.7. The molecule has 1 unspecified atom stereocenters. The molecular formula is C25H37N3O4. The summed E-state index contributed by atoms with van der Waals surface area (Å²) in [7, 11) is 0. The molecule has 3 rings (SSSR count). The molecule has 1 heterocycles. The van der Waals surface area contributed by atoms with Crippen LogP contribution in [0.1, 0.15) is 70.8 Å². The van der Waals surface area contributed by atoms with Gasteiger partial charge >= 0.3 is 5.97 Å². The van der Waals surface area contributed by atoms with Gasteiger partial charge in [0.1, 0.15) is 6.04 Å². The van der Waals surface area contributed by atoms with E-state index in [1.165, 1.54) is 0 Å². The Morgan fingerprint density at radius 2 is 1.97 bits per heavy atom. The number of nitrogens with zero attached hydrogens (tertiary/aromatic N) is 1. The average molecular weight is 444 g/mol. The number of benzene rings is 1. The first kappa shape index (κ1) is 24.2. The lowest BCUT2D eigenvalue weighted by Crippen LogP contribution is -2.43. The monoisotopic (exact) mass is 443 g/mol. The van der Waals surface area contributed by atoms with Gasteiger partial charge in [-0.25, -0.2) is 4.79 Å². The van der Waals surface area contributed by atoms with Crippen molar-refractivity contribution in [2.45, 2.75) is 89.3 Å². The molecule has 0 radical (unpaired) electrons. The van der Waals surface area contributed by atoms with Crippen molar-refractivity contribution in [1.82, 2.24) is 10.2 Å².